The highest BCUT2D eigenvalue weighted by Crippen LogP contribution is 2.50. The Morgan fingerprint density at radius 2 is 1.55 bits per heavy atom. The van der Waals surface area contributed by atoms with Crippen LogP contribution in [-0.4, -0.2) is 56.6 Å². The first-order chi connectivity index (χ1) is 24.0. The minimum absolute atomic E-state index is 0.0160. The molecule has 11 heteroatoms. The molecule has 1 aliphatic heterocycles. The van der Waals surface area contributed by atoms with E-state index in [2.05, 4.69) is 80.8 Å². The van der Waals surface area contributed by atoms with Gasteiger partial charge in [0.2, 0.25) is 0 Å². The second-order valence-electron chi connectivity index (χ2n) is 15.3. The maximum absolute atomic E-state index is 13.9. The Labute approximate surface area is 304 Å². The molecule has 276 valence electrons. The summed E-state index contributed by atoms with van der Waals surface area (Å²) in [4.78, 5) is 6.37. The molecular formula is C40H50ClF3N4O3. The topological polar surface area (TPSA) is 72.6 Å². The van der Waals surface area contributed by atoms with E-state index in [1.54, 1.807) is 24.3 Å². The zero-order chi connectivity index (χ0) is 37.0. The van der Waals surface area contributed by atoms with Gasteiger partial charge >= 0.3 is 6.18 Å². The van der Waals surface area contributed by atoms with Crippen molar-refractivity contribution < 1.29 is 27.8 Å². The number of ether oxygens (including phenoxy) is 2. The largest absolute Gasteiger partial charge is 0.457 e. The second-order valence-corrected chi connectivity index (χ2v) is 15.7. The van der Waals surface area contributed by atoms with Crippen molar-refractivity contribution in [2.24, 2.45) is 11.8 Å². The first-order valence-corrected chi connectivity index (χ1v) is 18.0. The van der Waals surface area contributed by atoms with Crippen LogP contribution in [0.5, 0.6) is 11.5 Å². The lowest BCUT2D eigenvalue weighted by atomic mass is 9.85. The van der Waals surface area contributed by atoms with Gasteiger partial charge in [-0.1, -0.05) is 69.6 Å². The third-order valence-corrected chi connectivity index (χ3v) is 9.66. The molecule has 2 heterocycles. The van der Waals surface area contributed by atoms with Gasteiger partial charge in [0.05, 0.1) is 24.3 Å². The molecule has 1 N–H and O–H groups in total. The standard InChI is InChI=1S/C20H17ClF3N3O2.C20H33NO/c21-14-3-5-15(6-4-14)29-16-7-8-17(18(9-16)20(22,23)24)19(28,13-1-2-13)10-27-12-25-11-26-27;1-15(12-21-13-16(2)22-17(3)14-21)11-18-7-9-19(10-8-18)20(4,5)6/h3-9,11-13,28H,1-2,10H2;7-10,15-17H,11-14H2,1-6H3/t;15?,16-,17+. The average molecular weight is 727 g/mol. The van der Waals surface area contributed by atoms with E-state index in [-0.39, 0.29) is 29.2 Å². The maximum Gasteiger partial charge on any atom is 0.416 e. The van der Waals surface area contributed by atoms with Crippen LogP contribution >= 0.6 is 11.6 Å². The van der Waals surface area contributed by atoms with E-state index in [9.17, 15) is 18.3 Å². The van der Waals surface area contributed by atoms with Crippen molar-refractivity contribution >= 4 is 11.6 Å². The molecule has 1 saturated carbocycles. The molecule has 2 aliphatic rings. The van der Waals surface area contributed by atoms with Crippen molar-refractivity contribution in [3.05, 3.63) is 107 Å². The van der Waals surface area contributed by atoms with Crippen LogP contribution in [0.1, 0.15) is 76.6 Å². The van der Waals surface area contributed by atoms with Gasteiger partial charge in [-0.2, -0.15) is 18.3 Å². The SMILES string of the molecule is CC(Cc1ccc(C(C)(C)C)cc1)CN1C[C@@H](C)O[C@@H](C)C1.OC(Cn1cncn1)(c1ccc(Oc2ccc(Cl)cc2)cc1C(F)(F)F)C1CC1. The average Bonchev–Trinajstić information content (AvgIpc) is 3.79. The molecule has 0 bridgehead atoms. The fourth-order valence-electron chi connectivity index (χ4n) is 6.88. The Balaban J connectivity index is 0.000000206. The van der Waals surface area contributed by atoms with Gasteiger partial charge in [-0.3, -0.25) is 4.90 Å². The van der Waals surface area contributed by atoms with Crippen molar-refractivity contribution in [1.29, 1.82) is 0 Å². The second kappa shape index (κ2) is 16.1. The first-order valence-electron chi connectivity index (χ1n) is 17.7. The number of aromatic nitrogens is 3. The zero-order valence-corrected chi connectivity index (χ0v) is 31.1. The van der Waals surface area contributed by atoms with Gasteiger partial charge in [0.25, 0.3) is 0 Å². The van der Waals surface area contributed by atoms with E-state index < -0.39 is 17.3 Å². The van der Waals surface area contributed by atoms with Crippen LogP contribution in [0.15, 0.2) is 79.4 Å². The first kappa shape index (κ1) is 38.8. The number of nitrogens with zero attached hydrogens (tertiary/aromatic N) is 4. The van der Waals surface area contributed by atoms with Crippen molar-refractivity contribution in [1.82, 2.24) is 19.7 Å². The lowest BCUT2D eigenvalue weighted by Gasteiger charge is -2.36. The number of morpholine rings is 1. The third kappa shape index (κ3) is 10.8. The van der Waals surface area contributed by atoms with Gasteiger partial charge in [-0.05, 0) is 103 Å². The number of halogens is 4. The smallest absolute Gasteiger partial charge is 0.416 e. The highest BCUT2D eigenvalue weighted by atomic mass is 35.5. The Morgan fingerprint density at radius 1 is 0.922 bits per heavy atom. The van der Waals surface area contributed by atoms with Crippen LogP contribution in [0.25, 0.3) is 0 Å². The maximum atomic E-state index is 13.9. The summed E-state index contributed by atoms with van der Waals surface area (Å²) < 4.78 is 54.4. The summed E-state index contributed by atoms with van der Waals surface area (Å²) >= 11 is 5.82. The van der Waals surface area contributed by atoms with E-state index >= 15 is 0 Å². The number of aliphatic hydroxyl groups is 1. The molecule has 2 fully saturated rings. The highest BCUT2D eigenvalue weighted by Gasteiger charge is 2.50. The lowest BCUT2D eigenvalue weighted by Crippen LogP contribution is -2.47. The quantitative estimate of drug-likeness (QED) is 0.176. The predicted octanol–water partition coefficient (Wildman–Crippen LogP) is 9.31. The summed E-state index contributed by atoms with van der Waals surface area (Å²) in [7, 11) is 0. The number of benzene rings is 3. The molecular weight excluding hydrogens is 677 g/mol. The molecule has 51 heavy (non-hydrogen) atoms. The van der Waals surface area contributed by atoms with E-state index in [4.69, 9.17) is 21.1 Å². The molecule has 1 aliphatic carbocycles. The molecule has 7 nitrogen and oxygen atoms in total. The molecule has 1 saturated heterocycles. The number of alkyl halides is 3. The molecule has 6 rings (SSSR count). The van der Waals surface area contributed by atoms with Gasteiger partial charge < -0.3 is 14.6 Å². The highest BCUT2D eigenvalue weighted by molar-refractivity contribution is 6.30. The number of hydrogen-bond acceptors (Lipinski definition) is 6. The Hall–Kier alpha value is -3.44. The Bertz CT molecular complexity index is 1680. The van der Waals surface area contributed by atoms with Crippen molar-refractivity contribution in [3.63, 3.8) is 0 Å². The van der Waals surface area contributed by atoms with Crippen molar-refractivity contribution in [3.8, 4) is 11.5 Å². The molecule has 0 amide bonds. The van der Waals surface area contributed by atoms with Crippen LogP contribution in [0.3, 0.4) is 0 Å². The molecule has 2 unspecified atom stereocenters. The van der Waals surface area contributed by atoms with E-state index in [1.807, 2.05) is 0 Å². The van der Waals surface area contributed by atoms with E-state index in [0.29, 0.717) is 41.7 Å². The van der Waals surface area contributed by atoms with Gasteiger partial charge in [-0.25, -0.2) is 9.67 Å². The van der Waals surface area contributed by atoms with Gasteiger partial charge in [0.1, 0.15) is 29.8 Å². The molecule has 0 spiro atoms. The van der Waals surface area contributed by atoms with Crippen LogP contribution < -0.4 is 4.74 Å². The fraction of sp³-hybridized carbons (Fsp3) is 0.500. The Morgan fingerprint density at radius 3 is 2.10 bits per heavy atom. The minimum atomic E-state index is -4.67. The normalized spacial score (nSPS) is 20.2. The number of hydrogen-bond donors (Lipinski definition) is 1. The van der Waals surface area contributed by atoms with Gasteiger partial charge in [-0.15, -0.1) is 0 Å². The molecule has 3 aromatic carbocycles. The van der Waals surface area contributed by atoms with Crippen LogP contribution in [0, 0.1) is 11.8 Å². The van der Waals surface area contributed by atoms with Crippen molar-refractivity contribution in [2.45, 2.75) is 96.7 Å². The van der Waals surface area contributed by atoms with Crippen LogP contribution in [0.2, 0.25) is 5.02 Å². The molecule has 0 radical (unpaired) electrons. The lowest BCUT2D eigenvalue weighted by molar-refractivity contribution is -0.141. The zero-order valence-electron chi connectivity index (χ0n) is 30.3. The number of rotatable bonds is 10. The van der Waals surface area contributed by atoms with E-state index in [0.717, 1.165) is 25.6 Å². The summed E-state index contributed by atoms with van der Waals surface area (Å²) in [6, 6.07) is 19.1. The summed E-state index contributed by atoms with van der Waals surface area (Å²) in [5, 5.41) is 15.7. The van der Waals surface area contributed by atoms with Gasteiger partial charge in [0.15, 0.2) is 0 Å². The molecule has 1 aromatic heterocycles. The summed E-state index contributed by atoms with van der Waals surface area (Å²) in [5.41, 5.74) is 0.279. The monoisotopic (exact) mass is 726 g/mol. The summed E-state index contributed by atoms with van der Waals surface area (Å²) in [6.07, 6.45) is 1.16. The fourth-order valence-corrected chi connectivity index (χ4v) is 7.00. The third-order valence-electron chi connectivity index (χ3n) is 9.40. The van der Waals surface area contributed by atoms with Crippen molar-refractivity contribution in [2.75, 3.05) is 19.6 Å². The molecule has 4 aromatic rings. The van der Waals surface area contributed by atoms with Crippen LogP contribution in [-0.2, 0) is 34.9 Å². The van der Waals surface area contributed by atoms with Crippen LogP contribution in [0.4, 0.5) is 13.2 Å². The molecule has 4 atom stereocenters. The summed E-state index contributed by atoms with van der Waals surface area (Å²) in [5.74, 6) is 0.770. The Kier molecular flexibility index (Phi) is 12.2. The van der Waals surface area contributed by atoms with E-state index in [1.165, 1.54) is 47.1 Å². The minimum Gasteiger partial charge on any atom is -0.457 e. The van der Waals surface area contributed by atoms with Gasteiger partial charge in [0, 0.05) is 24.7 Å². The summed E-state index contributed by atoms with van der Waals surface area (Å²) in [6.45, 7) is 16.7. The predicted molar refractivity (Wildman–Crippen MR) is 194 cm³/mol.